The first-order valence-electron chi connectivity index (χ1n) is 9.97. The number of benzene rings is 2. The van der Waals surface area contributed by atoms with Gasteiger partial charge in [0.1, 0.15) is 5.01 Å². The highest BCUT2D eigenvalue weighted by Gasteiger charge is 2.23. The average Bonchev–Trinajstić information content (AvgIpc) is 3.37. The van der Waals surface area contributed by atoms with Crippen molar-refractivity contribution in [3.8, 4) is 10.6 Å². The molecule has 0 unspecified atom stereocenters. The Balaban J connectivity index is 1.39. The molecule has 1 aliphatic heterocycles. The monoisotopic (exact) mass is 439 g/mol. The van der Waals surface area contributed by atoms with Crippen LogP contribution in [0.15, 0.2) is 47.8 Å². The summed E-state index contributed by atoms with van der Waals surface area (Å²) in [6.45, 7) is 2.80. The summed E-state index contributed by atoms with van der Waals surface area (Å²) in [5.41, 5.74) is 4.37. The molecule has 4 rings (SSSR count). The Morgan fingerprint density at radius 1 is 1.23 bits per heavy atom. The van der Waals surface area contributed by atoms with Gasteiger partial charge in [0.25, 0.3) is 0 Å². The van der Waals surface area contributed by atoms with Gasteiger partial charge in [0, 0.05) is 29.6 Å². The second-order valence-corrected chi connectivity index (χ2v) is 8.50. The van der Waals surface area contributed by atoms with Gasteiger partial charge in [0.05, 0.1) is 22.8 Å². The molecule has 2 amide bonds. The van der Waals surface area contributed by atoms with Gasteiger partial charge in [0.15, 0.2) is 0 Å². The number of aryl methyl sites for hydroxylation is 1. The molecule has 1 aliphatic rings. The zero-order chi connectivity index (χ0) is 21.1. The number of hydrogen-bond donors (Lipinski definition) is 1. The van der Waals surface area contributed by atoms with E-state index in [4.69, 9.17) is 11.6 Å². The van der Waals surface area contributed by atoms with Crippen LogP contribution >= 0.6 is 22.9 Å². The summed E-state index contributed by atoms with van der Waals surface area (Å²) in [5.74, 6) is -0.0772. The number of hydrogen-bond acceptors (Lipinski definition) is 4. The van der Waals surface area contributed by atoms with Crippen molar-refractivity contribution in [2.24, 2.45) is 0 Å². The highest BCUT2D eigenvalue weighted by atomic mass is 35.5. The van der Waals surface area contributed by atoms with E-state index in [1.54, 1.807) is 23.1 Å². The summed E-state index contributed by atoms with van der Waals surface area (Å²) in [6.07, 6.45) is 2.58. The third-order valence-corrected chi connectivity index (χ3v) is 6.34. The Kier molecular flexibility index (Phi) is 6.16. The van der Waals surface area contributed by atoms with Crippen LogP contribution in [0.1, 0.15) is 31.0 Å². The minimum Gasteiger partial charge on any atom is -0.326 e. The molecule has 0 aliphatic carbocycles. The fourth-order valence-electron chi connectivity index (χ4n) is 3.48. The fraction of sp³-hybridized carbons (Fsp3) is 0.261. The van der Waals surface area contributed by atoms with E-state index in [1.165, 1.54) is 16.9 Å². The Bertz CT molecular complexity index is 1080. The number of anilines is 2. The van der Waals surface area contributed by atoms with E-state index in [2.05, 4.69) is 41.5 Å². The Labute approximate surface area is 184 Å². The van der Waals surface area contributed by atoms with Crippen molar-refractivity contribution in [3.63, 3.8) is 0 Å². The lowest BCUT2D eigenvalue weighted by Gasteiger charge is -2.18. The zero-order valence-corrected chi connectivity index (χ0v) is 18.2. The molecule has 0 radical (unpaired) electrons. The number of carbonyl (C=O) groups excluding carboxylic acids is 2. The van der Waals surface area contributed by atoms with Crippen LogP contribution in [0.25, 0.3) is 10.6 Å². The van der Waals surface area contributed by atoms with E-state index in [0.29, 0.717) is 29.4 Å². The highest BCUT2D eigenvalue weighted by Crippen LogP contribution is 2.32. The van der Waals surface area contributed by atoms with E-state index < -0.39 is 0 Å². The van der Waals surface area contributed by atoms with Crippen molar-refractivity contribution in [3.05, 3.63) is 64.1 Å². The van der Waals surface area contributed by atoms with Gasteiger partial charge in [-0.3, -0.25) is 9.59 Å². The van der Waals surface area contributed by atoms with Crippen molar-refractivity contribution >= 4 is 46.1 Å². The van der Waals surface area contributed by atoms with Crippen molar-refractivity contribution in [2.75, 3.05) is 16.8 Å². The number of amides is 2. The molecule has 5 nitrogen and oxygen atoms in total. The van der Waals surface area contributed by atoms with Gasteiger partial charge in [0.2, 0.25) is 11.8 Å². The quantitative estimate of drug-likeness (QED) is 0.564. The average molecular weight is 440 g/mol. The maximum absolute atomic E-state index is 12.5. The summed E-state index contributed by atoms with van der Waals surface area (Å²) in [5, 5.41) is 6.14. The normalized spacial score (nSPS) is 13.7. The summed E-state index contributed by atoms with van der Waals surface area (Å²) in [4.78, 5) is 30.7. The minimum atomic E-state index is -0.158. The first-order valence-corrected chi connectivity index (χ1v) is 11.2. The van der Waals surface area contributed by atoms with Gasteiger partial charge in [-0.05, 0) is 36.6 Å². The first kappa shape index (κ1) is 20.6. The number of aromatic nitrogens is 1. The van der Waals surface area contributed by atoms with Gasteiger partial charge in [-0.25, -0.2) is 4.98 Å². The van der Waals surface area contributed by atoms with Gasteiger partial charge < -0.3 is 10.2 Å². The standard InChI is InChI=1S/C23H22ClN3O2S/c1-2-15-5-7-16(8-6-15)23-26-18(14-30-23)13-21(28)25-17-9-10-20(19(24)12-17)27-11-3-4-22(27)29/h5-10,12,14H,2-4,11,13H2,1H3,(H,25,28). The second-order valence-electron chi connectivity index (χ2n) is 7.23. The molecule has 3 aromatic rings. The van der Waals surface area contributed by atoms with Gasteiger partial charge >= 0.3 is 0 Å². The molecule has 154 valence electrons. The summed E-state index contributed by atoms with van der Waals surface area (Å²) in [6, 6.07) is 13.6. The molecule has 7 heteroatoms. The van der Waals surface area contributed by atoms with E-state index >= 15 is 0 Å². The molecule has 1 aromatic heterocycles. The number of halogens is 1. The molecule has 30 heavy (non-hydrogen) atoms. The third-order valence-electron chi connectivity index (χ3n) is 5.10. The smallest absolute Gasteiger partial charge is 0.230 e. The summed E-state index contributed by atoms with van der Waals surface area (Å²) >= 11 is 7.89. The van der Waals surface area contributed by atoms with Crippen LogP contribution in [0, 0.1) is 0 Å². The molecule has 0 bridgehead atoms. The lowest BCUT2D eigenvalue weighted by Crippen LogP contribution is -2.24. The van der Waals surface area contributed by atoms with E-state index in [1.807, 2.05) is 5.38 Å². The van der Waals surface area contributed by atoms with Gasteiger partial charge in [-0.2, -0.15) is 0 Å². The summed E-state index contributed by atoms with van der Waals surface area (Å²) in [7, 11) is 0. The molecule has 0 atom stereocenters. The number of carbonyl (C=O) groups is 2. The molecule has 0 spiro atoms. The zero-order valence-electron chi connectivity index (χ0n) is 16.7. The SMILES string of the molecule is CCc1ccc(-c2nc(CC(=O)Nc3ccc(N4CCCC4=O)c(Cl)c3)cs2)cc1. The van der Waals surface area contributed by atoms with E-state index in [9.17, 15) is 9.59 Å². The molecule has 1 N–H and O–H groups in total. The van der Waals surface area contributed by atoms with Crippen LogP contribution in [-0.2, 0) is 22.4 Å². The molecule has 1 fully saturated rings. The predicted octanol–water partition coefficient (Wildman–Crippen LogP) is 5.33. The largest absolute Gasteiger partial charge is 0.326 e. The molecule has 0 saturated carbocycles. The van der Waals surface area contributed by atoms with Gasteiger partial charge in [-0.15, -0.1) is 11.3 Å². The second kappa shape index (κ2) is 8.98. The topological polar surface area (TPSA) is 62.3 Å². The fourth-order valence-corrected chi connectivity index (χ4v) is 4.59. The molecular formula is C23H22ClN3O2S. The highest BCUT2D eigenvalue weighted by molar-refractivity contribution is 7.13. The van der Waals surface area contributed by atoms with Crippen LogP contribution in [-0.4, -0.2) is 23.3 Å². The van der Waals surface area contributed by atoms with Crippen molar-refractivity contribution in [2.45, 2.75) is 32.6 Å². The number of nitrogens with zero attached hydrogens (tertiary/aromatic N) is 2. The first-order chi connectivity index (χ1) is 14.5. The lowest BCUT2D eigenvalue weighted by molar-refractivity contribution is -0.117. The van der Waals surface area contributed by atoms with Crippen LogP contribution in [0.4, 0.5) is 11.4 Å². The van der Waals surface area contributed by atoms with E-state index in [0.717, 1.165) is 29.1 Å². The van der Waals surface area contributed by atoms with Gasteiger partial charge in [-0.1, -0.05) is 42.8 Å². The van der Waals surface area contributed by atoms with Crippen molar-refractivity contribution in [1.82, 2.24) is 4.98 Å². The number of thiazole rings is 1. The number of rotatable bonds is 6. The van der Waals surface area contributed by atoms with Crippen molar-refractivity contribution < 1.29 is 9.59 Å². The maximum atomic E-state index is 12.5. The van der Waals surface area contributed by atoms with E-state index in [-0.39, 0.29) is 18.2 Å². The minimum absolute atomic E-state index is 0.0809. The number of nitrogens with one attached hydrogen (secondary N) is 1. The Morgan fingerprint density at radius 3 is 2.70 bits per heavy atom. The van der Waals surface area contributed by atoms with Crippen LogP contribution in [0.3, 0.4) is 0 Å². The van der Waals surface area contributed by atoms with Crippen LogP contribution in [0.5, 0.6) is 0 Å². The lowest BCUT2D eigenvalue weighted by atomic mass is 10.1. The third kappa shape index (κ3) is 4.55. The van der Waals surface area contributed by atoms with Crippen LogP contribution < -0.4 is 10.2 Å². The molecule has 1 saturated heterocycles. The van der Waals surface area contributed by atoms with Crippen molar-refractivity contribution in [1.29, 1.82) is 0 Å². The summed E-state index contributed by atoms with van der Waals surface area (Å²) < 4.78 is 0. The molecule has 2 heterocycles. The van der Waals surface area contributed by atoms with Crippen LogP contribution in [0.2, 0.25) is 5.02 Å². The Hall–Kier alpha value is -2.70. The molecule has 2 aromatic carbocycles. The Morgan fingerprint density at radius 2 is 2.03 bits per heavy atom. The maximum Gasteiger partial charge on any atom is 0.230 e. The predicted molar refractivity (Wildman–Crippen MR) is 122 cm³/mol. The molecular weight excluding hydrogens is 418 g/mol.